The van der Waals surface area contributed by atoms with Gasteiger partial charge in [0.2, 0.25) is 0 Å². The van der Waals surface area contributed by atoms with E-state index in [9.17, 15) is 13.2 Å². The number of sulfone groups is 1. The quantitative estimate of drug-likeness (QED) is 0.534. The summed E-state index contributed by atoms with van der Waals surface area (Å²) >= 11 is 1.47. The molecule has 0 bridgehead atoms. The van der Waals surface area contributed by atoms with Crippen molar-refractivity contribution in [1.82, 2.24) is 10.3 Å². The average Bonchev–Trinajstić information content (AvgIpc) is 3.40. The lowest BCUT2D eigenvalue weighted by Gasteiger charge is -2.12. The number of nitrogens with one attached hydrogen (secondary N) is 3. The number of anilines is 1. The number of fused-ring (bicyclic) bond motifs is 2. The Morgan fingerprint density at radius 1 is 1.22 bits per heavy atom. The van der Waals surface area contributed by atoms with Crippen LogP contribution in [0.15, 0.2) is 53.7 Å². The van der Waals surface area contributed by atoms with Gasteiger partial charge in [0.25, 0.3) is 5.91 Å². The molecule has 2 aliphatic rings. The van der Waals surface area contributed by atoms with Crippen LogP contribution < -0.4 is 10.6 Å². The van der Waals surface area contributed by atoms with Crippen molar-refractivity contribution >= 4 is 49.3 Å². The summed E-state index contributed by atoms with van der Waals surface area (Å²) in [6.45, 7) is 2.50. The van der Waals surface area contributed by atoms with Gasteiger partial charge in [-0.25, -0.2) is 8.42 Å². The lowest BCUT2D eigenvalue weighted by atomic mass is 10.1. The van der Waals surface area contributed by atoms with E-state index in [0.717, 1.165) is 28.4 Å². The van der Waals surface area contributed by atoms with Gasteiger partial charge >= 0.3 is 0 Å². The molecule has 2 atom stereocenters. The number of nitrogens with zero attached hydrogens (tertiary/aromatic N) is 1. The molecule has 166 valence electrons. The van der Waals surface area contributed by atoms with Crippen LogP contribution in [0.2, 0.25) is 0 Å². The molecule has 2 aliphatic heterocycles. The van der Waals surface area contributed by atoms with Crippen molar-refractivity contribution in [2.75, 3.05) is 23.4 Å². The zero-order chi connectivity index (χ0) is 22.3. The molecule has 9 heteroatoms. The number of benzene rings is 2. The van der Waals surface area contributed by atoms with Gasteiger partial charge < -0.3 is 15.6 Å². The van der Waals surface area contributed by atoms with Gasteiger partial charge in [0.15, 0.2) is 15.0 Å². The number of carbonyl (C=O) groups excluding carboxylic acids is 1. The van der Waals surface area contributed by atoms with E-state index in [0.29, 0.717) is 12.1 Å². The maximum absolute atomic E-state index is 12.7. The number of thioether (sulfide) groups is 1. The Morgan fingerprint density at radius 3 is 2.91 bits per heavy atom. The van der Waals surface area contributed by atoms with Gasteiger partial charge in [-0.15, -0.1) is 0 Å². The van der Waals surface area contributed by atoms with Crippen molar-refractivity contribution in [3.05, 3.63) is 65.4 Å². The van der Waals surface area contributed by atoms with Crippen molar-refractivity contribution in [3.63, 3.8) is 0 Å². The molecule has 1 aromatic heterocycles. The number of aliphatic imine (C=N–C) groups is 1. The van der Waals surface area contributed by atoms with Gasteiger partial charge in [0.1, 0.15) is 0 Å². The van der Waals surface area contributed by atoms with Crippen molar-refractivity contribution in [2.45, 2.75) is 24.6 Å². The van der Waals surface area contributed by atoms with Gasteiger partial charge in [-0.2, -0.15) is 0 Å². The predicted molar refractivity (Wildman–Crippen MR) is 130 cm³/mol. The van der Waals surface area contributed by atoms with Crippen molar-refractivity contribution in [1.29, 1.82) is 0 Å². The summed E-state index contributed by atoms with van der Waals surface area (Å²) in [7, 11) is -2.98. The van der Waals surface area contributed by atoms with Crippen LogP contribution in [0.4, 0.5) is 5.69 Å². The number of hydrogen-bond acceptors (Lipinski definition) is 6. The Balaban J connectivity index is 1.22. The number of para-hydroxylation sites is 1. The third-order valence-corrected chi connectivity index (χ3v) is 9.06. The standard InChI is InChI=1S/C23H24N4O3S2/c1-14-6-7-15(10-19(14)26-23-27-20-12-32(29,30)13-21(20)31-23)22(28)24-9-8-16-11-25-18-5-3-2-4-17(16)18/h2-7,10-11,20-21,25H,8-9,12-13H2,1H3,(H,24,28)(H,26,27)/t20-,21-/m1/s1. The first kappa shape index (κ1) is 21.1. The van der Waals surface area contributed by atoms with E-state index < -0.39 is 9.84 Å². The van der Waals surface area contributed by atoms with E-state index in [4.69, 9.17) is 0 Å². The fourth-order valence-electron chi connectivity index (χ4n) is 4.18. The highest BCUT2D eigenvalue weighted by Crippen LogP contribution is 2.35. The summed E-state index contributed by atoms with van der Waals surface area (Å²) in [6, 6.07) is 13.5. The van der Waals surface area contributed by atoms with Crippen molar-refractivity contribution < 1.29 is 13.2 Å². The third-order valence-electron chi connectivity index (χ3n) is 5.91. The van der Waals surface area contributed by atoms with Crippen LogP contribution in [0.1, 0.15) is 21.5 Å². The van der Waals surface area contributed by atoms with Gasteiger partial charge in [0.05, 0.1) is 17.5 Å². The molecule has 1 fully saturated rings. The van der Waals surface area contributed by atoms with Crippen molar-refractivity contribution in [2.24, 2.45) is 4.99 Å². The fourth-order valence-corrected chi connectivity index (χ4v) is 7.85. The van der Waals surface area contributed by atoms with Crippen LogP contribution in [0, 0.1) is 6.92 Å². The Labute approximate surface area is 191 Å². The Hall–Kier alpha value is -2.78. The zero-order valence-electron chi connectivity index (χ0n) is 17.6. The SMILES string of the molecule is Cc1ccc(C(=O)NCCc2c[nH]c3ccccc23)cc1NC1=N[C@@H]2CS(=O)(=O)C[C@H]2S1. The summed E-state index contributed by atoms with van der Waals surface area (Å²) in [6.07, 6.45) is 2.73. The monoisotopic (exact) mass is 468 g/mol. The topological polar surface area (TPSA) is 103 Å². The lowest BCUT2D eigenvalue weighted by Crippen LogP contribution is -2.25. The lowest BCUT2D eigenvalue weighted by molar-refractivity contribution is 0.0954. The number of aromatic nitrogens is 1. The summed E-state index contributed by atoms with van der Waals surface area (Å²) in [5.41, 5.74) is 4.65. The van der Waals surface area contributed by atoms with E-state index in [1.165, 1.54) is 22.7 Å². The molecule has 0 saturated carbocycles. The first-order valence-corrected chi connectivity index (χ1v) is 13.2. The molecule has 1 saturated heterocycles. The van der Waals surface area contributed by atoms with Crippen molar-refractivity contribution in [3.8, 4) is 0 Å². The van der Waals surface area contributed by atoms with Gasteiger partial charge in [-0.1, -0.05) is 36.0 Å². The second-order valence-electron chi connectivity index (χ2n) is 8.25. The maximum Gasteiger partial charge on any atom is 0.251 e. The number of H-pyrrole nitrogens is 1. The minimum absolute atomic E-state index is 0.0150. The highest BCUT2D eigenvalue weighted by atomic mass is 32.2. The minimum atomic E-state index is -2.98. The van der Waals surface area contributed by atoms with E-state index >= 15 is 0 Å². The third kappa shape index (κ3) is 4.27. The summed E-state index contributed by atoms with van der Waals surface area (Å²) in [4.78, 5) is 20.5. The second-order valence-corrected chi connectivity index (χ2v) is 11.6. The molecule has 1 amide bonds. The van der Waals surface area contributed by atoms with Crippen LogP contribution >= 0.6 is 11.8 Å². The molecule has 32 heavy (non-hydrogen) atoms. The van der Waals surface area contributed by atoms with E-state index in [1.54, 1.807) is 0 Å². The fraction of sp³-hybridized carbons (Fsp3) is 0.304. The van der Waals surface area contributed by atoms with E-state index in [2.05, 4.69) is 26.7 Å². The molecular weight excluding hydrogens is 444 g/mol. The summed E-state index contributed by atoms with van der Waals surface area (Å²) < 4.78 is 23.5. The molecule has 0 aliphatic carbocycles. The number of aromatic amines is 1. The van der Waals surface area contributed by atoms with E-state index in [1.807, 2.05) is 49.5 Å². The highest BCUT2D eigenvalue weighted by Gasteiger charge is 2.42. The predicted octanol–water partition coefficient (Wildman–Crippen LogP) is 3.13. The maximum atomic E-state index is 12.7. The largest absolute Gasteiger partial charge is 0.361 e. The number of amides is 1. The molecule has 3 N–H and O–H groups in total. The molecule has 2 aromatic carbocycles. The molecule has 0 spiro atoms. The average molecular weight is 469 g/mol. The van der Waals surface area contributed by atoms with Gasteiger partial charge in [-0.05, 0) is 42.7 Å². The Morgan fingerprint density at radius 2 is 2.06 bits per heavy atom. The first-order valence-electron chi connectivity index (χ1n) is 10.5. The number of rotatable bonds is 5. The number of amidine groups is 1. The Kier molecular flexibility index (Phi) is 5.46. The molecular formula is C23H24N4O3S2. The van der Waals surface area contributed by atoms with Crippen LogP contribution in [0.3, 0.4) is 0 Å². The molecule has 0 unspecified atom stereocenters. The van der Waals surface area contributed by atoms with Crippen LogP contribution in [-0.2, 0) is 16.3 Å². The summed E-state index contributed by atoms with van der Waals surface area (Å²) in [5.74, 6) is 0.166. The Bertz CT molecular complexity index is 1330. The molecule has 5 rings (SSSR count). The zero-order valence-corrected chi connectivity index (χ0v) is 19.2. The molecule has 7 nitrogen and oxygen atoms in total. The normalized spacial score (nSPS) is 21.3. The first-order chi connectivity index (χ1) is 15.4. The van der Waals surface area contributed by atoms with Crippen LogP contribution in [0.5, 0.6) is 0 Å². The molecule has 3 aromatic rings. The highest BCUT2D eigenvalue weighted by molar-refractivity contribution is 8.15. The second kappa shape index (κ2) is 8.29. The smallest absolute Gasteiger partial charge is 0.251 e. The number of aryl methyl sites for hydroxylation is 1. The van der Waals surface area contributed by atoms with E-state index in [-0.39, 0.29) is 28.7 Å². The molecule has 3 heterocycles. The van der Waals surface area contributed by atoms with Gasteiger partial charge in [-0.3, -0.25) is 9.79 Å². The van der Waals surface area contributed by atoms with Crippen LogP contribution in [0.25, 0.3) is 10.9 Å². The number of hydrogen-bond donors (Lipinski definition) is 3. The number of carbonyl (C=O) groups is 1. The van der Waals surface area contributed by atoms with Gasteiger partial charge in [0, 0.05) is 40.1 Å². The molecule has 0 radical (unpaired) electrons. The van der Waals surface area contributed by atoms with Crippen LogP contribution in [-0.4, -0.2) is 53.8 Å². The minimum Gasteiger partial charge on any atom is -0.361 e. The summed E-state index contributed by atoms with van der Waals surface area (Å²) in [5, 5.41) is 8.17.